The Bertz CT molecular complexity index is 1390. The molecule has 1 aliphatic rings. The van der Waals surface area contributed by atoms with E-state index in [0.717, 1.165) is 5.56 Å². The maximum atomic E-state index is 13.5. The van der Waals surface area contributed by atoms with E-state index in [0.29, 0.717) is 48.1 Å². The van der Waals surface area contributed by atoms with Crippen molar-refractivity contribution in [2.24, 2.45) is 5.92 Å². The Kier molecular flexibility index (Phi) is 7.61. The molecule has 8 nitrogen and oxygen atoms in total. The van der Waals surface area contributed by atoms with Crippen molar-refractivity contribution < 1.29 is 22.7 Å². The first-order valence-corrected chi connectivity index (χ1v) is 13.5. The maximum absolute atomic E-state index is 13.5. The number of fused-ring (bicyclic) bond motifs is 1. The number of amides is 2. The number of rotatable bonds is 6. The van der Waals surface area contributed by atoms with Crippen LogP contribution in [0.15, 0.2) is 65.6 Å². The van der Waals surface area contributed by atoms with Gasteiger partial charge in [0.25, 0.3) is 5.91 Å². The van der Waals surface area contributed by atoms with E-state index in [1.165, 1.54) is 0 Å². The number of likely N-dealkylation sites (tertiary alicyclic amines) is 1. The first kappa shape index (κ1) is 25.7. The number of nitrogens with zero attached hydrogens (tertiary/aromatic N) is 1. The molecule has 0 aliphatic carbocycles. The summed E-state index contributed by atoms with van der Waals surface area (Å²) in [6.07, 6.45) is 0.102. The van der Waals surface area contributed by atoms with Crippen LogP contribution in [-0.4, -0.2) is 51.1 Å². The van der Waals surface area contributed by atoms with E-state index in [1.54, 1.807) is 48.2 Å². The third-order valence-electron chi connectivity index (χ3n) is 6.55. The molecule has 0 spiro atoms. The molecule has 3 aromatic carbocycles. The van der Waals surface area contributed by atoms with E-state index in [2.05, 4.69) is 10.0 Å². The Morgan fingerprint density at radius 1 is 1.03 bits per heavy atom. The summed E-state index contributed by atoms with van der Waals surface area (Å²) in [5.74, 6) is -0.402. The quantitative estimate of drug-likeness (QED) is 0.507. The summed E-state index contributed by atoms with van der Waals surface area (Å²) in [5, 5.41) is 3.95. The Morgan fingerprint density at radius 3 is 2.47 bits per heavy atom. The summed E-state index contributed by atoms with van der Waals surface area (Å²) in [4.78, 5) is 26.9. The van der Waals surface area contributed by atoms with Crippen LogP contribution >= 0.6 is 0 Å². The van der Waals surface area contributed by atoms with E-state index >= 15 is 0 Å². The van der Waals surface area contributed by atoms with E-state index in [4.69, 9.17) is 4.74 Å². The molecule has 0 radical (unpaired) electrons. The molecule has 3 aromatic rings. The van der Waals surface area contributed by atoms with Crippen LogP contribution in [0.5, 0.6) is 0 Å². The average Bonchev–Trinajstić information content (AvgIpc) is 2.86. The van der Waals surface area contributed by atoms with E-state index < -0.39 is 10.0 Å². The van der Waals surface area contributed by atoms with Gasteiger partial charge in [-0.05, 0) is 55.3 Å². The molecule has 4 rings (SSSR count). The van der Waals surface area contributed by atoms with Crippen molar-refractivity contribution in [3.8, 4) is 0 Å². The Morgan fingerprint density at radius 2 is 1.75 bits per heavy atom. The van der Waals surface area contributed by atoms with Gasteiger partial charge in [-0.1, -0.05) is 49.4 Å². The predicted octanol–water partition coefficient (Wildman–Crippen LogP) is 4.55. The number of sulfonamides is 1. The lowest BCUT2D eigenvalue weighted by Gasteiger charge is -2.36. The minimum atomic E-state index is -3.89. The fourth-order valence-corrected chi connectivity index (χ4v) is 6.18. The second kappa shape index (κ2) is 10.7. The summed E-state index contributed by atoms with van der Waals surface area (Å²) in [6.45, 7) is 6.69. The molecule has 1 saturated heterocycles. The van der Waals surface area contributed by atoms with Gasteiger partial charge in [0.1, 0.15) is 0 Å². The molecule has 9 heteroatoms. The fraction of sp³-hybridized carbons (Fsp3) is 0.333. The summed E-state index contributed by atoms with van der Waals surface area (Å²) in [6, 6.07) is 17.2. The SMILES string of the molecule is CCOC(=O)N1CC[C@H](NS(=O)(=O)c2cccc3c(C(=O)Nc4ccccc4C)cccc23)[C@@H](C)C1. The van der Waals surface area contributed by atoms with Gasteiger partial charge in [-0.3, -0.25) is 4.79 Å². The molecule has 2 amide bonds. The van der Waals surface area contributed by atoms with Crippen LogP contribution in [0, 0.1) is 12.8 Å². The second-order valence-electron chi connectivity index (χ2n) is 9.06. The van der Waals surface area contributed by atoms with Gasteiger partial charge in [0.15, 0.2) is 0 Å². The number of carbonyl (C=O) groups is 2. The van der Waals surface area contributed by atoms with E-state index in [-0.39, 0.29) is 28.9 Å². The number of piperidine rings is 1. The molecular formula is C27H31N3O5S. The molecule has 1 fully saturated rings. The number of ether oxygens (including phenoxy) is 1. The van der Waals surface area contributed by atoms with Crippen molar-refractivity contribution in [1.29, 1.82) is 0 Å². The first-order valence-electron chi connectivity index (χ1n) is 12.0. The maximum Gasteiger partial charge on any atom is 0.409 e. The van der Waals surface area contributed by atoms with Gasteiger partial charge in [0, 0.05) is 35.8 Å². The Hall–Kier alpha value is -3.43. The van der Waals surface area contributed by atoms with Crippen LogP contribution in [0.3, 0.4) is 0 Å². The van der Waals surface area contributed by atoms with Crippen molar-refractivity contribution in [3.63, 3.8) is 0 Å². The van der Waals surface area contributed by atoms with E-state index in [1.807, 2.05) is 38.1 Å². The number of benzene rings is 3. The van der Waals surface area contributed by atoms with Crippen LogP contribution in [0.25, 0.3) is 10.8 Å². The third-order valence-corrected chi connectivity index (χ3v) is 8.10. The molecule has 1 heterocycles. The lowest BCUT2D eigenvalue weighted by atomic mass is 9.95. The summed E-state index contributed by atoms with van der Waals surface area (Å²) < 4.78 is 34.9. The normalized spacial score (nSPS) is 18.1. The van der Waals surface area contributed by atoms with Crippen LogP contribution in [-0.2, 0) is 14.8 Å². The minimum Gasteiger partial charge on any atom is -0.450 e. The molecule has 0 unspecified atom stereocenters. The van der Waals surface area contributed by atoms with Gasteiger partial charge >= 0.3 is 6.09 Å². The first-order chi connectivity index (χ1) is 17.2. The molecule has 190 valence electrons. The van der Waals surface area contributed by atoms with Crippen LogP contribution in [0.2, 0.25) is 0 Å². The van der Waals surface area contributed by atoms with Gasteiger partial charge in [-0.2, -0.15) is 0 Å². The van der Waals surface area contributed by atoms with Gasteiger partial charge in [-0.15, -0.1) is 0 Å². The number of nitrogens with one attached hydrogen (secondary N) is 2. The Labute approximate surface area is 211 Å². The van der Waals surface area contributed by atoms with Gasteiger partial charge in [-0.25, -0.2) is 17.9 Å². The fourth-order valence-electron chi connectivity index (χ4n) is 4.58. The van der Waals surface area contributed by atoms with Gasteiger partial charge in [0.2, 0.25) is 10.0 Å². The van der Waals surface area contributed by atoms with Gasteiger partial charge < -0.3 is 15.0 Å². The highest BCUT2D eigenvalue weighted by Gasteiger charge is 2.33. The molecule has 0 bridgehead atoms. The lowest BCUT2D eigenvalue weighted by Crippen LogP contribution is -2.51. The topological polar surface area (TPSA) is 105 Å². The molecule has 2 atom stereocenters. The number of hydrogen-bond donors (Lipinski definition) is 2. The smallest absolute Gasteiger partial charge is 0.409 e. The second-order valence-corrected chi connectivity index (χ2v) is 10.7. The average molecular weight is 510 g/mol. The van der Waals surface area contributed by atoms with Crippen molar-refractivity contribution in [2.75, 3.05) is 25.0 Å². The van der Waals surface area contributed by atoms with Crippen molar-refractivity contribution in [1.82, 2.24) is 9.62 Å². The van der Waals surface area contributed by atoms with Crippen LogP contribution in [0.4, 0.5) is 10.5 Å². The van der Waals surface area contributed by atoms with E-state index in [9.17, 15) is 18.0 Å². The highest BCUT2D eigenvalue weighted by molar-refractivity contribution is 7.89. The third kappa shape index (κ3) is 5.37. The zero-order valence-electron chi connectivity index (χ0n) is 20.7. The zero-order valence-corrected chi connectivity index (χ0v) is 21.5. The molecule has 2 N–H and O–H groups in total. The minimum absolute atomic E-state index is 0.0941. The number of carbonyl (C=O) groups excluding carboxylic acids is 2. The summed E-state index contributed by atoms with van der Waals surface area (Å²) >= 11 is 0. The largest absolute Gasteiger partial charge is 0.450 e. The highest BCUT2D eigenvalue weighted by atomic mass is 32.2. The predicted molar refractivity (Wildman–Crippen MR) is 140 cm³/mol. The van der Waals surface area contributed by atoms with Crippen LogP contribution < -0.4 is 10.0 Å². The number of para-hydroxylation sites is 1. The summed E-state index contributed by atoms with van der Waals surface area (Å²) in [7, 11) is -3.89. The van der Waals surface area contributed by atoms with Gasteiger partial charge in [0.05, 0.1) is 11.5 Å². The zero-order chi connectivity index (χ0) is 25.9. The molecule has 0 aromatic heterocycles. The Balaban J connectivity index is 1.58. The standard InChI is InChI=1S/C27H31N3O5S/c1-4-35-27(32)30-16-15-24(19(3)17-30)29-36(33,34)25-14-8-10-20-21(25)11-7-12-22(20)26(31)28-23-13-6-5-9-18(23)2/h5-14,19,24,29H,4,15-17H2,1-3H3,(H,28,31)/t19-,24-/m0/s1. The molecule has 0 saturated carbocycles. The highest BCUT2D eigenvalue weighted by Crippen LogP contribution is 2.28. The van der Waals surface area contributed by atoms with Crippen LogP contribution in [0.1, 0.15) is 36.2 Å². The molecular weight excluding hydrogens is 478 g/mol. The lowest BCUT2D eigenvalue weighted by molar-refractivity contribution is 0.0846. The van der Waals surface area contributed by atoms with Crippen molar-refractivity contribution in [2.45, 2.75) is 38.1 Å². The summed E-state index contributed by atoms with van der Waals surface area (Å²) in [5.41, 5.74) is 2.03. The number of anilines is 1. The molecule has 36 heavy (non-hydrogen) atoms. The monoisotopic (exact) mass is 509 g/mol. The number of hydrogen-bond acceptors (Lipinski definition) is 5. The van der Waals surface area contributed by atoms with Crippen molar-refractivity contribution in [3.05, 3.63) is 71.8 Å². The van der Waals surface area contributed by atoms with Crippen molar-refractivity contribution >= 4 is 38.5 Å². The number of aryl methyl sites for hydroxylation is 1. The molecule has 1 aliphatic heterocycles.